The largest absolute Gasteiger partial charge is 0.573 e. The van der Waals surface area contributed by atoms with Crippen molar-refractivity contribution in [3.8, 4) is 11.5 Å². The quantitative estimate of drug-likeness (QED) is 0.945. The zero-order valence-electron chi connectivity index (χ0n) is 10.4. The van der Waals surface area contributed by atoms with Gasteiger partial charge in [0.1, 0.15) is 16.5 Å². The number of nitrogens with zero attached hydrogens (tertiary/aromatic N) is 1. The Morgan fingerprint density at radius 2 is 1.81 bits per heavy atom. The highest BCUT2D eigenvalue weighted by Crippen LogP contribution is 2.23. The molecule has 112 valence electrons. The Balaban J connectivity index is 2.18. The molecule has 0 amide bonds. The second-order valence-corrected chi connectivity index (χ2v) is 4.52. The predicted octanol–water partition coefficient (Wildman–Crippen LogP) is 3.15. The molecule has 1 N–H and O–H groups in total. The van der Waals surface area contributed by atoms with E-state index in [1.165, 1.54) is 29.0 Å². The summed E-state index contributed by atoms with van der Waals surface area (Å²) < 4.78 is 41.0. The van der Waals surface area contributed by atoms with E-state index in [1.807, 2.05) is 0 Å². The molecule has 0 saturated carbocycles. The summed E-state index contributed by atoms with van der Waals surface area (Å²) in [6.07, 6.45) is -3.41. The fourth-order valence-electron chi connectivity index (χ4n) is 1.65. The molecule has 0 aliphatic rings. The van der Waals surface area contributed by atoms with Gasteiger partial charge in [0.2, 0.25) is 0 Å². The van der Waals surface area contributed by atoms with Crippen molar-refractivity contribution in [1.82, 2.24) is 4.57 Å². The van der Waals surface area contributed by atoms with Crippen LogP contribution in [0.4, 0.5) is 13.2 Å². The number of halogens is 4. The van der Waals surface area contributed by atoms with Gasteiger partial charge in [0, 0.05) is 6.20 Å². The van der Waals surface area contributed by atoms with Crippen LogP contribution in [0.3, 0.4) is 0 Å². The Hall–Kier alpha value is -2.15. The van der Waals surface area contributed by atoms with E-state index in [9.17, 15) is 23.1 Å². The molecular formula is C13H9ClF3NO3. The minimum absolute atomic E-state index is 0.102. The lowest BCUT2D eigenvalue weighted by molar-refractivity contribution is -0.274. The second-order valence-electron chi connectivity index (χ2n) is 4.14. The molecule has 0 atom stereocenters. The van der Waals surface area contributed by atoms with Crippen LogP contribution in [0.15, 0.2) is 41.3 Å². The highest BCUT2D eigenvalue weighted by Gasteiger charge is 2.30. The molecule has 2 rings (SSSR count). The van der Waals surface area contributed by atoms with Crippen molar-refractivity contribution in [2.45, 2.75) is 12.9 Å². The lowest BCUT2D eigenvalue weighted by Crippen LogP contribution is -2.20. The van der Waals surface area contributed by atoms with E-state index in [2.05, 4.69) is 4.74 Å². The number of alkyl halides is 3. The number of ether oxygens (including phenoxy) is 1. The Morgan fingerprint density at radius 1 is 1.19 bits per heavy atom. The van der Waals surface area contributed by atoms with E-state index < -0.39 is 11.9 Å². The molecule has 0 radical (unpaired) electrons. The number of benzene rings is 1. The summed E-state index contributed by atoms with van der Waals surface area (Å²) in [4.78, 5) is 11.7. The van der Waals surface area contributed by atoms with Crippen LogP contribution in [0.2, 0.25) is 5.02 Å². The number of hydrogen-bond donors (Lipinski definition) is 1. The maximum Gasteiger partial charge on any atom is 0.573 e. The summed E-state index contributed by atoms with van der Waals surface area (Å²) in [5, 5.41) is 8.96. The van der Waals surface area contributed by atoms with Gasteiger partial charge in [-0.25, -0.2) is 0 Å². The summed E-state index contributed by atoms with van der Waals surface area (Å²) in [5.41, 5.74) is -0.0133. The number of aromatic nitrogens is 1. The van der Waals surface area contributed by atoms with E-state index in [0.717, 1.165) is 12.1 Å². The molecule has 0 aliphatic heterocycles. The van der Waals surface area contributed by atoms with Gasteiger partial charge in [-0.1, -0.05) is 23.7 Å². The van der Waals surface area contributed by atoms with Crippen molar-refractivity contribution in [2.75, 3.05) is 0 Å². The molecule has 4 nitrogen and oxygen atoms in total. The van der Waals surface area contributed by atoms with Crippen molar-refractivity contribution in [3.05, 3.63) is 57.5 Å². The molecule has 1 aromatic heterocycles. The third-order valence-electron chi connectivity index (χ3n) is 2.60. The molecule has 0 aliphatic carbocycles. The molecule has 21 heavy (non-hydrogen) atoms. The van der Waals surface area contributed by atoms with Crippen molar-refractivity contribution < 1.29 is 23.0 Å². The van der Waals surface area contributed by atoms with E-state index in [0.29, 0.717) is 5.56 Å². The molecule has 0 fully saturated rings. The third-order valence-corrected chi connectivity index (χ3v) is 2.95. The van der Waals surface area contributed by atoms with Gasteiger partial charge in [-0.05, 0) is 23.8 Å². The summed E-state index contributed by atoms with van der Waals surface area (Å²) >= 11 is 5.62. The second kappa shape index (κ2) is 5.69. The van der Waals surface area contributed by atoms with Crippen LogP contribution in [0.5, 0.6) is 11.5 Å². The van der Waals surface area contributed by atoms with Gasteiger partial charge in [0.15, 0.2) is 0 Å². The molecule has 2 aromatic rings. The van der Waals surface area contributed by atoms with Crippen LogP contribution < -0.4 is 10.3 Å². The van der Waals surface area contributed by atoms with Crippen molar-refractivity contribution in [2.24, 2.45) is 0 Å². The first-order valence-electron chi connectivity index (χ1n) is 5.69. The first kappa shape index (κ1) is 15.2. The number of rotatable bonds is 3. The van der Waals surface area contributed by atoms with Crippen LogP contribution in [0.25, 0.3) is 0 Å². The fraction of sp³-hybridized carbons (Fsp3) is 0.154. The van der Waals surface area contributed by atoms with Crippen LogP contribution in [-0.2, 0) is 6.54 Å². The standard InChI is InChI=1S/C13H9ClF3NO3/c14-11-10(19)5-6-18(12(11)20)7-8-1-3-9(4-2-8)21-13(15,16)17/h1-6,19H,7H2. The first-order chi connectivity index (χ1) is 9.76. The molecule has 0 bridgehead atoms. The number of aromatic hydroxyl groups is 1. The maximum absolute atomic E-state index is 12.0. The number of pyridine rings is 1. The Bertz CT molecular complexity index is 695. The van der Waals surface area contributed by atoms with E-state index >= 15 is 0 Å². The fourth-order valence-corrected chi connectivity index (χ4v) is 1.83. The minimum atomic E-state index is -4.75. The van der Waals surface area contributed by atoms with E-state index in [4.69, 9.17) is 11.6 Å². The van der Waals surface area contributed by atoms with Gasteiger partial charge in [0.25, 0.3) is 5.56 Å². The molecule has 8 heteroatoms. The Kier molecular flexibility index (Phi) is 4.13. The zero-order valence-corrected chi connectivity index (χ0v) is 11.1. The monoisotopic (exact) mass is 319 g/mol. The average molecular weight is 320 g/mol. The molecule has 0 unspecified atom stereocenters. The van der Waals surface area contributed by atoms with Gasteiger partial charge in [-0.2, -0.15) is 0 Å². The summed E-state index contributed by atoms with van der Waals surface area (Å²) in [5.74, 6) is -0.672. The zero-order chi connectivity index (χ0) is 15.6. The van der Waals surface area contributed by atoms with Crippen molar-refractivity contribution in [3.63, 3.8) is 0 Å². The molecule has 1 aromatic carbocycles. The summed E-state index contributed by atoms with van der Waals surface area (Å²) in [6, 6.07) is 6.35. The van der Waals surface area contributed by atoms with Crippen molar-refractivity contribution in [1.29, 1.82) is 0 Å². The van der Waals surface area contributed by atoms with Crippen LogP contribution in [-0.4, -0.2) is 16.0 Å². The van der Waals surface area contributed by atoms with Gasteiger partial charge in [-0.15, -0.1) is 13.2 Å². The van der Waals surface area contributed by atoms with Gasteiger partial charge in [-0.3, -0.25) is 4.79 Å². The number of hydrogen-bond acceptors (Lipinski definition) is 3. The predicted molar refractivity (Wildman–Crippen MR) is 69.6 cm³/mol. The summed E-state index contributed by atoms with van der Waals surface area (Å²) in [6.45, 7) is 0.102. The highest BCUT2D eigenvalue weighted by atomic mass is 35.5. The first-order valence-corrected chi connectivity index (χ1v) is 6.06. The van der Waals surface area contributed by atoms with Gasteiger partial charge < -0.3 is 14.4 Å². The Labute approximate surface area is 122 Å². The molecule has 0 spiro atoms. The van der Waals surface area contributed by atoms with Crippen molar-refractivity contribution >= 4 is 11.6 Å². The van der Waals surface area contributed by atoms with Crippen LogP contribution in [0.1, 0.15) is 5.56 Å². The molecule has 1 heterocycles. The van der Waals surface area contributed by atoms with Crippen LogP contribution in [0, 0.1) is 0 Å². The van der Waals surface area contributed by atoms with Gasteiger partial charge >= 0.3 is 6.36 Å². The smallest absolute Gasteiger partial charge is 0.506 e. The average Bonchev–Trinajstić information content (AvgIpc) is 2.40. The Morgan fingerprint density at radius 3 is 2.38 bits per heavy atom. The maximum atomic E-state index is 12.0. The lowest BCUT2D eigenvalue weighted by Gasteiger charge is -2.10. The normalized spacial score (nSPS) is 11.4. The molecule has 0 saturated heterocycles. The highest BCUT2D eigenvalue weighted by molar-refractivity contribution is 6.31. The molecular weight excluding hydrogens is 311 g/mol. The van der Waals surface area contributed by atoms with E-state index in [-0.39, 0.29) is 23.1 Å². The van der Waals surface area contributed by atoms with Crippen LogP contribution >= 0.6 is 11.6 Å². The third kappa shape index (κ3) is 3.91. The topological polar surface area (TPSA) is 51.5 Å². The van der Waals surface area contributed by atoms with Gasteiger partial charge in [0.05, 0.1) is 6.54 Å². The SMILES string of the molecule is O=c1c(Cl)c(O)ccn1Cc1ccc(OC(F)(F)F)cc1. The van der Waals surface area contributed by atoms with E-state index in [1.54, 1.807) is 0 Å². The lowest BCUT2D eigenvalue weighted by atomic mass is 10.2. The summed E-state index contributed by atoms with van der Waals surface area (Å²) in [7, 11) is 0. The minimum Gasteiger partial charge on any atom is -0.506 e.